The van der Waals surface area contributed by atoms with E-state index >= 15 is 0 Å². The van der Waals surface area contributed by atoms with Gasteiger partial charge < -0.3 is 16.6 Å². The van der Waals surface area contributed by atoms with E-state index in [-0.39, 0.29) is 6.54 Å². The highest BCUT2D eigenvalue weighted by Gasteiger charge is 2.11. The fourth-order valence-corrected chi connectivity index (χ4v) is 1.61. The number of rotatable bonds is 6. The summed E-state index contributed by atoms with van der Waals surface area (Å²) in [7, 11) is 1.74. The summed E-state index contributed by atoms with van der Waals surface area (Å²) in [5, 5.41) is 9.94. The molecule has 0 radical (unpaired) electrons. The van der Waals surface area contributed by atoms with E-state index in [0.29, 0.717) is 13.1 Å². The number of benzene rings is 1. The molecule has 5 nitrogen and oxygen atoms in total. The number of primary amides is 1. The Morgan fingerprint density at radius 1 is 1.41 bits per heavy atom. The van der Waals surface area contributed by atoms with Crippen molar-refractivity contribution in [2.45, 2.75) is 12.6 Å². The summed E-state index contributed by atoms with van der Waals surface area (Å²) < 4.78 is 0. The number of hydrogen-bond donors (Lipinski definition) is 3. The topological polar surface area (TPSA) is 92.6 Å². The Hall–Kier alpha value is -1.43. The molecule has 5 heteroatoms. The van der Waals surface area contributed by atoms with Crippen LogP contribution in [0.3, 0.4) is 0 Å². The van der Waals surface area contributed by atoms with Crippen LogP contribution >= 0.6 is 0 Å². The van der Waals surface area contributed by atoms with Crippen molar-refractivity contribution in [1.82, 2.24) is 4.90 Å². The summed E-state index contributed by atoms with van der Waals surface area (Å²) >= 11 is 0. The summed E-state index contributed by atoms with van der Waals surface area (Å²) in [6, 6.07) is 7.44. The van der Waals surface area contributed by atoms with Gasteiger partial charge in [0.05, 0.1) is 12.6 Å². The molecule has 1 atom stereocenters. The number of nitrogens with two attached hydrogens (primary N) is 2. The van der Waals surface area contributed by atoms with Gasteiger partial charge in [0.15, 0.2) is 0 Å². The van der Waals surface area contributed by atoms with E-state index in [1.165, 1.54) is 0 Å². The van der Waals surface area contributed by atoms with Crippen LogP contribution in [0.2, 0.25) is 0 Å². The third-order valence-corrected chi connectivity index (χ3v) is 2.51. The molecule has 0 aliphatic carbocycles. The van der Waals surface area contributed by atoms with Crippen LogP contribution in [0.5, 0.6) is 0 Å². The first-order valence-corrected chi connectivity index (χ1v) is 5.46. The van der Waals surface area contributed by atoms with Crippen molar-refractivity contribution in [3.63, 3.8) is 0 Å². The second-order valence-electron chi connectivity index (χ2n) is 4.12. The maximum absolute atomic E-state index is 10.7. The van der Waals surface area contributed by atoms with Gasteiger partial charge in [-0.2, -0.15) is 0 Å². The van der Waals surface area contributed by atoms with Crippen LogP contribution in [0.25, 0.3) is 0 Å². The van der Waals surface area contributed by atoms with E-state index in [4.69, 9.17) is 11.5 Å². The van der Waals surface area contributed by atoms with E-state index < -0.39 is 12.0 Å². The molecule has 0 aliphatic heterocycles. The highest BCUT2D eigenvalue weighted by molar-refractivity contribution is 5.75. The highest BCUT2D eigenvalue weighted by Crippen LogP contribution is 2.14. The van der Waals surface area contributed by atoms with E-state index in [0.717, 1.165) is 11.1 Å². The summed E-state index contributed by atoms with van der Waals surface area (Å²) in [6.45, 7) is 0.987. The number of aliphatic hydroxyl groups excluding tert-OH is 1. The highest BCUT2D eigenvalue weighted by atomic mass is 16.3. The lowest BCUT2D eigenvalue weighted by Gasteiger charge is -2.19. The first-order valence-electron chi connectivity index (χ1n) is 5.46. The van der Waals surface area contributed by atoms with Crippen LogP contribution in [-0.2, 0) is 11.3 Å². The molecule has 5 N–H and O–H groups in total. The van der Waals surface area contributed by atoms with Gasteiger partial charge in [0, 0.05) is 13.1 Å². The molecule has 0 fully saturated rings. The van der Waals surface area contributed by atoms with Crippen molar-refractivity contribution in [2.24, 2.45) is 11.5 Å². The van der Waals surface area contributed by atoms with Gasteiger partial charge in [0.25, 0.3) is 0 Å². The van der Waals surface area contributed by atoms with Gasteiger partial charge in [-0.15, -0.1) is 0 Å². The van der Waals surface area contributed by atoms with Crippen molar-refractivity contribution >= 4 is 5.91 Å². The minimum atomic E-state index is -0.633. The number of carbonyl (C=O) groups excluding carboxylic acids is 1. The number of likely N-dealkylation sites (N-methyl/N-ethyl adjacent to an activating group) is 1. The fourth-order valence-electron chi connectivity index (χ4n) is 1.61. The standard InChI is InChI=1S/C12H19N3O2/c1-15(8-12(14)17)7-11(16)10-4-2-9(6-13)3-5-10/h2-5,11,16H,6-8,13H2,1H3,(H2,14,17). The monoisotopic (exact) mass is 237 g/mol. The predicted molar refractivity (Wildman–Crippen MR) is 66.0 cm³/mol. The summed E-state index contributed by atoms with van der Waals surface area (Å²) in [4.78, 5) is 12.4. The third-order valence-electron chi connectivity index (χ3n) is 2.51. The fraction of sp³-hybridized carbons (Fsp3) is 0.417. The molecule has 0 aliphatic rings. The van der Waals surface area contributed by atoms with Gasteiger partial charge in [-0.25, -0.2) is 0 Å². The van der Waals surface area contributed by atoms with Gasteiger partial charge in [-0.3, -0.25) is 9.69 Å². The van der Waals surface area contributed by atoms with Crippen molar-refractivity contribution in [3.05, 3.63) is 35.4 Å². The smallest absolute Gasteiger partial charge is 0.231 e. The lowest BCUT2D eigenvalue weighted by molar-refractivity contribution is -0.119. The summed E-state index contributed by atoms with van der Waals surface area (Å²) in [6.07, 6.45) is -0.633. The van der Waals surface area contributed by atoms with Crippen molar-refractivity contribution in [1.29, 1.82) is 0 Å². The summed E-state index contributed by atoms with van der Waals surface area (Å²) in [5.74, 6) is -0.404. The minimum Gasteiger partial charge on any atom is -0.387 e. The molecule has 0 saturated carbocycles. The van der Waals surface area contributed by atoms with Gasteiger partial charge >= 0.3 is 0 Å². The number of aliphatic hydroxyl groups is 1. The lowest BCUT2D eigenvalue weighted by Crippen LogP contribution is -2.33. The average molecular weight is 237 g/mol. The van der Waals surface area contributed by atoms with E-state index in [2.05, 4.69) is 0 Å². The molecular weight excluding hydrogens is 218 g/mol. The maximum atomic E-state index is 10.7. The lowest BCUT2D eigenvalue weighted by atomic mass is 10.1. The maximum Gasteiger partial charge on any atom is 0.231 e. The quantitative estimate of drug-likeness (QED) is 0.627. The van der Waals surface area contributed by atoms with Crippen LogP contribution in [0.15, 0.2) is 24.3 Å². The zero-order valence-corrected chi connectivity index (χ0v) is 9.97. The van der Waals surface area contributed by atoms with Gasteiger partial charge in [0.2, 0.25) is 5.91 Å². The number of nitrogens with zero attached hydrogens (tertiary/aromatic N) is 1. The average Bonchev–Trinajstić information content (AvgIpc) is 2.28. The summed E-state index contributed by atoms with van der Waals surface area (Å²) in [5.41, 5.74) is 12.4. The largest absolute Gasteiger partial charge is 0.387 e. The molecule has 94 valence electrons. The molecule has 1 unspecified atom stereocenters. The van der Waals surface area contributed by atoms with E-state index in [9.17, 15) is 9.90 Å². The van der Waals surface area contributed by atoms with E-state index in [1.807, 2.05) is 24.3 Å². The van der Waals surface area contributed by atoms with E-state index in [1.54, 1.807) is 11.9 Å². The Bertz CT molecular complexity index is 365. The Balaban J connectivity index is 2.56. The second-order valence-corrected chi connectivity index (χ2v) is 4.12. The van der Waals surface area contributed by atoms with Crippen molar-refractivity contribution in [3.8, 4) is 0 Å². The first kappa shape index (κ1) is 13.6. The Kier molecular flexibility index (Phi) is 5.09. The van der Waals surface area contributed by atoms with Crippen LogP contribution in [0.4, 0.5) is 0 Å². The van der Waals surface area contributed by atoms with Crippen LogP contribution in [0.1, 0.15) is 17.2 Å². The van der Waals surface area contributed by atoms with Gasteiger partial charge in [-0.05, 0) is 18.2 Å². The molecule has 0 spiro atoms. The molecule has 0 heterocycles. The van der Waals surface area contributed by atoms with Gasteiger partial charge in [-0.1, -0.05) is 24.3 Å². The molecular formula is C12H19N3O2. The molecule has 1 amide bonds. The molecule has 1 aromatic rings. The van der Waals surface area contributed by atoms with Crippen LogP contribution in [-0.4, -0.2) is 36.1 Å². The molecule has 1 rings (SSSR count). The predicted octanol–water partition coefficient (Wildman–Crippen LogP) is -0.404. The minimum absolute atomic E-state index is 0.137. The zero-order valence-electron chi connectivity index (χ0n) is 9.97. The first-order chi connectivity index (χ1) is 8.02. The van der Waals surface area contributed by atoms with Crippen LogP contribution < -0.4 is 11.5 Å². The van der Waals surface area contributed by atoms with Crippen molar-refractivity contribution < 1.29 is 9.90 Å². The number of amides is 1. The molecule has 17 heavy (non-hydrogen) atoms. The second kappa shape index (κ2) is 6.34. The molecule has 0 aromatic heterocycles. The van der Waals surface area contributed by atoms with Crippen LogP contribution in [0, 0.1) is 0 Å². The Labute approximate surface area is 101 Å². The number of carbonyl (C=O) groups is 1. The number of hydrogen-bond acceptors (Lipinski definition) is 4. The van der Waals surface area contributed by atoms with Gasteiger partial charge in [0.1, 0.15) is 0 Å². The molecule has 1 aromatic carbocycles. The third kappa shape index (κ3) is 4.52. The zero-order chi connectivity index (χ0) is 12.8. The Morgan fingerprint density at radius 3 is 2.47 bits per heavy atom. The molecule has 0 saturated heterocycles. The SMILES string of the molecule is CN(CC(N)=O)CC(O)c1ccc(CN)cc1. The Morgan fingerprint density at radius 2 is 2.00 bits per heavy atom. The van der Waals surface area contributed by atoms with Crippen molar-refractivity contribution in [2.75, 3.05) is 20.1 Å². The molecule has 0 bridgehead atoms. The normalized spacial score (nSPS) is 12.7.